The van der Waals surface area contributed by atoms with E-state index in [1.165, 1.54) is 31.4 Å². The smallest absolute Gasteiger partial charge is 0.222 e. The molecule has 0 aliphatic carbocycles. The zero-order valence-electron chi connectivity index (χ0n) is 18.0. The van der Waals surface area contributed by atoms with Crippen molar-refractivity contribution in [1.29, 1.82) is 0 Å². The number of carbonyl (C=O) groups excluding carboxylic acids is 1. The Balaban J connectivity index is 1.32. The second-order valence-electron chi connectivity index (χ2n) is 8.53. The van der Waals surface area contributed by atoms with E-state index in [9.17, 15) is 4.79 Å². The molecule has 0 saturated carbocycles. The highest BCUT2D eigenvalue weighted by Crippen LogP contribution is 2.23. The lowest BCUT2D eigenvalue weighted by Crippen LogP contribution is -2.48. The summed E-state index contributed by atoms with van der Waals surface area (Å²) in [6.45, 7) is 12.7. The molecule has 6 heteroatoms. The summed E-state index contributed by atoms with van der Waals surface area (Å²) < 4.78 is 0. The summed E-state index contributed by atoms with van der Waals surface area (Å²) in [6.07, 6.45) is 9.70. The van der Waals surface area contributed by atoms with Crippen LogP contribution in [0, 0.1) is 5.92 Å². The molecule has 1 aromatic rings. The number of nitrogens with one attached hydrogen (secondary N) is 1. The summed E-state index contributed by atoms with van der Waals surface area (Å²) in [4.78, 5) is 27.5. The Hall–Kier alpha value is -1.40. The Morgan fingerprint density at radius 3 is 2.54 bits per heavy atom. The average Bonchev–Trinajstić information content (AvgIpc) is 3.18. The number of carbonyl (C=O) groups is 1. The molecule has 2 saturated heterocycles. The maximum Gasteiger partial charge on any atom is 0.222 e. The topological polar surface area (TPSA) is 55.5 Å². The molecule has 158 valence electrons. The molecule has 6 nitrogen and oxygen atoms in total. The lowest BCUT2D eigenvalue weighted by atomic mass is 9.92. The quantitative estimate of drug-likeness (QED) is 0.706. The van der Waals surface area contributed by atoms with Crippen LogP contribution in [0.2, 0.25) is 0 Å². The highest BCUT2D eigenvalue weighted by Gasteiger charge is 2.23. The fourth-order valence-electron chi connectivity index (χ4n) is 4.43. The van der Waals surface area contributed by atoms with Crippen molar-refractivity contribution in [2.75, 3.05) is 45.8 Å². The molecule has 0 atom stereocenters. The average molecular weight is 390 g/mol. The molecule has 2 fully saturated rings. The minimum Gasteiger partial charge on any atom is -0.345 e. The van der Waals surface area contributed by atoms with Gasteiger partial charge in [0, 0.05) is 57.5 Å². The van der Waals surface area contributed by atoms with Crippen LogP contribution >= 0.6 is 0 Å². The lowest BCUT2D eigenvalue weighted by Gasteiger charge is -2.35. The Morgan fingerprint density at radius 2 is 1.86 bits per heavy atom. The third-order valence-corrected chi connectivity index (χ3v) is 6.49. The molecule has 0 bridgehead atoms. The number of piperidine rings is 1. The Kier molecular flexibility index (Phi) is 8.34. The van der Waals surface area contributed by atoms with Crippen LogP contribution in [0.4, 0.5) is 0 Å². The van der Waals surface area contributed by atoms with E-state index >= 15 is 0 Å². The molecule has 3 rings (SSSR count). The number of amides is 1. The van der Waals surface area contributed by atoms with Gasteiger partial charge in [0.15, 0.2) is 0 Å². The SMILES string of the molecule is CCCCc1ncc(CN2CCC(CCC(=O)N3CCN(CC)CC3)CC2)[nH]1. The van der Waals surface area contributed by atoms with E-state index in [1.54, 1.807) is 0 Å². The highest BCUT2D eigenvalue weighted by atomic mass is 16.2. The van der Waals surface area contributed by atoms with Gasteiger partial charge in [-0.2, -0.15) is 0 Å². The molecule has 1 amide bonds. The zero-order chi connectivity index (χ0) is 19.8. The second kappa shape index (κ2) is 11.0. The van der Waals surface area contributed by atoms with Crippen molar-refractivity contribution in [2.24, 2.45) is 5.92 Å². The molecule has 2 aliphatic heterocycles. The Bertz CT molecular complexity index is 586. The number of likely N-dealkylation sites (tertiary alicyclic amines) is 1. The van der Waals surface area contributed by atoms with Crippen molar-refractivity contribution in [2.45, 2.75) is 65.3 Å². The monoisotopic (exact) mass is 389 g/mol. The van der Waals surface area contributed by atoms with Gasteiger partial charge in [-0.1, -0.05) is 20.3 Å². The summed E-state index contributed by atoms with van der Waals surface area (Å²) in [5.41, 5.74) is 1.24. The minimum absolute atomic E-state index is 0.371. The summed E-state index contributed by atoms with van der Waals surface area (Å²) in [6, 6.07) is 0. The summed E-state index contributed by atoms with van der Waals surface area (Å²) in [7, 11) is 0. The molecule has 0 aromatic carbocycles. The van der Waals surface area contributed by atoms with Crippen LogP contribution in [-0.4, -0.2) is 76.4 Å². The van der Waals surface area contributed by atoms with Gasteiger partial charge in [0.1, 0.15) is 5.82 Å². The molecule has 2 aliphatic rings. The van der Waals surface area contributed by atoms with Gasteiger partial charge < -0.3 is 14.8 Å². The van der Waals surface area contributed by atoms with Crippen LogP contribution in [0.25, 0.3) is 0 Å². The molecule has 28 heavy (non-hydrogen) atoms. The van der Waals surface area contributed by atoms with Crippen LogP contribution in [-0.2, 0) is 17.8 Å². The first kappa shape index (κ1) is 21.3. The van der Waals surface area contributed by atoms with E-state index in [0.717, 1.165) is 77.4 Å². The number of rotatable bonds is 9. The largest absolute Gasteiger partial charge is 0.345 e. The van der Waals surface area contributed by atoms with Crippen molar-refractivity contribution in [1.82, 2.24) is 24.7 Å². The number of likely N-dealkylation sites (N-methyl/N-ethyl adjacent to an activating group) is 1. The predicted molar refractivity (Wildman–Crippen MR) is 113 cm³/mol. The number of hydrogen-bond acceptors (Lipinski definition) is 4. The fourth-order valence-corrected chi connectivity index (χ4v) is 4.43. The number of H-pyrrole nitrogens is 1. The van der Waals surface area contributed by atoms with Crippen LogP contribution < -0.4 is 0 Å². The maximum absolute atomic E-state index is 12.5. The van der Waals surface area contributed by atoms with Gasteiger partial charge in [0.2, 0.25) is 5.91 Å². The number of nitrogens with zero attached hydrogens (tertiary/aromatic N) is 4. The molecular formula is C22H39N5O. The maximum atomic E-state index is 12.5. The van der Waals surface area contributed by atoms with Gasteiger partial charge in [-0.05, 0) is 51.2 Å². The van der Waals surface area contributed by atoms with Crippen molar-refractivity contribution >= 4 is 5.91 Å². The van der Waals surface area contributed by atoms with Gasteiger partial charge in [0.05, 0.1) is 0 Å². The van der Waals surface area contributed by atoms with Crippen LogP contribution in [0.5, 0.6) is 0 Å². The number of aromatic nitrogens is 2. The van der Waals surface area contributed by atoms with E-state index in [-0.39, 0.29) is 0 Å². The van der Waals surface area contributed by atoms with E-state index in [2.05, 4.69) is 38.5 Å². The summed E-state index contributed by atoms with van der Waals surface area (Å²) in [5.74, 6) is 2.21. The van der Waals surface area contributed by atoms with E-state index in [4.69, 9.17) is 0 Å². The molecule has 0 unspecified atom stereocenters. The molecule has 1 N–H and O–H groups in total. The first-order valence-corrected chi connectivity index (χ1v) is 11.4. The van der Waals surface area contributed by atoms with Crippen LogP contribution in [0.3, 0.4) is 0 Å². The number of imidazole rings is 1. The van der Waals surface area contributed by atoms with Gasteiger partial charge in [-0.25, -0.2) is 4.98 Å². The number of aromatic amines is 1. The van der Waals surface area contributed by atoms with Crippen molar-refractivity contribution in [3.8, 4) is 0 Å². The minimum atomic E-state index is 0.371. The van der Waals surface area contributed by atoms with Crippen molar-refractivity contribution < 1.29 is 4.79 Å². The standard InChI is InChI=1S/C22H39N5O/c1-3-5-6-21-23-17-20(24-21)18-26-11-9-19(10-12-26)7-8-22(28)27-15-13-25(4-2)14-16-27/h17,19H,3-16,18H2,1-2H3,(H,23,24). The molecular weight excluding hydrogens is 350 g/mol. The zero-order valence-corrected chi connectivity index (χ0v) is 18.0. The van der Waals surface area contributed by atoms with Gasteiger partial charge in [-0.15, -0.1) is 0 Å². The molecule has 1 aromatic heterocycles. The van der Waals surface area contributed by atoms with E-state index < -0.39 is 0 Å². The normalized spacial score (nSPS) is 20.0. The van der Waals surface area contributed by atoms with Gasteiger partial charge >= 0.3 is 0 Å². The fraction of sp³-hybridized carbons (Fsp3) is 0.818. The molecule has 3 heterocycles. The van der Waals surface area contributed by atoms with Crippen molar-refractivity contribution in [3.63, 3.8) is 0 Å². The number of aryl methyl sites for hydroxylation is 1. The summed E-state index contributed by atoms with van der Waals surface area (Å²) in [5, 5.41) is 0. The molecule has 0 spiro atoms. The van der Waals surface area contributed by atoms with E-state index in [1.807, 2.05) is 6.20 Å². The van der Waals surface area contributed by atoms with Crippen LogP contribution in [0.15, 0.2) is 6.20 Å². The van der Waals surface area contributed by atoms with Gasteiger partial charge in [-0.3, -0.25) is 9.69 Å². The molecule has 0 radical (unpaired) electrons. The number of unbranched alkanes of at least 4 members (excludes halogenated alkanes) is 1. The van der Waals surface area contributed by atoms with Crippen molar-refractivity contribution in [3.05, 3.63) is 17.7 Å². The number of hydrogen-bond donors (Lipinski definition) is 1. The van der Waals surface area contributed by atoms with Gasteiger partial charge in [0.25, 0.3) is 0 Å². The van der Waals surface area contributed by atoms with E-state index in [0.29, 0.717) is 11.8 Å². The number of piperazine rings is 1. The lowest BCUT2D eigenvalue weighted by molar-refractivity contribution is -0.133. The Labute approximate surface area is 170 Å². The Morgan fingerprint density at radius 1 is 1.11 bits per heavy atom. The van der Waals surface area contributed by atoms with Crippen LogP contribution in [0.1, 0.15) is 63.9 Å². The second-order valence-corrected chi connectivity index (χ2v) is 8.53. The first-order chi connectivity index (χ1) is 13.7. The third-order valence-electron chi connectivity index (χ3n) is 6.49. The summed E-state index contributed by atoms with van der Waals surface area (Å²) >= 11 is 0. The predicted octanol–water partition coefficient (Wildman–Crippen LogP) is 2.91. The first-order valence-electron chi connectivity index (χ1n) is 11.4. The highest BCUT2D eigenvalue weighted by molar-refractivity contribution is 5.76. The third kappa shape index (κ3) is 6.31.